The summed E-state index contributed by atoms with van der Waals surface area (Å²) in [5, 5.41) is 9.14. The minimum absolute atomic E-state index is 0.553. The van der Waals surface area contributed by atoms with Crippen LogP contribution in [-0.2, 0) is 33.0 Å². The molecule has 1 aromatic heterocycles. The highest BCUT2D eigenvalue weighted by molar-refractivity contribution is 5.83. The number of aromatic nitrogens is 2. The first-order chi connectivity index (χ1) is 24.7. The van der Waals surface area contributed by atoms with Crippen molar-refractivity contribution >= 4 is 10.9 Å². The minimum atomic E-state index is 0.553. The maximum Gasteiger partial charge on any atom is 0.121 e. The normalized spacial score (nSPS) is 11.4. The van der Waals surface area contributed by atoms with Gasteiger partial charge in [-0.05, 0) is 98.5 Å². The Morgan fingerprint density at radius 3 is 1.86 bits per heavy atom. The highest BCUT2D eigenvalue weighted by Gasteiger charge is 2.07. The summed E-state index contributed by atoms with van der Waals surface area (Å²) < 4.78 is 13.6. The number of ether oxygens (including phenoxy) is 2. The second kappa shape index (κ2) is 22.0. The molecule has 0 spiro atoms. The van der Waals surface area contributed by atoms with Gasteiger partial charge in [-0.2, -0.15) is 5.10 Å². The summed E-state index contributed by atoms with van der Waals surface area (Å²) >= 11 is 0. The summed E-state index contributed by atoms with van der Waals surface area (Å²) in [5.74, 6) is 1.81. The van der Waals surface area contributed by atoms with Crippen molar-refractivity contribution in [2.45, 2.75) is 72.4 Å². The number of para-hydroxylation sites is 1. The average molecular weight is 670 g/mol. The smallest absolute Gasteiger partial charge is 0.121 e. The van der Waals surface area contributed by atoms with E-state index in [-0.39, 0.29) is 0 Å². The van der Waals surface area contributed by atoms with E-state index >= 15 is 0 Å². The van der Waals surface area contributed by atoms with Crippen molar-refractivity contribution in [1.82, 2.24) is 15.1 Å². The van der Waals surface area contributed by atoms with Crippen molar-refractivity contribution in [2.24, 2.45) is 7.05 Å². The first-order valence-electron chi connectivity index (χ1n) is 18.2. The lowest BCUT2D eigenvalue weighted by atomic mass is 9.92. The van der Waals surface area contributed by atoms with E-state index in [1.54, 1.807) is 11.1 Å². The number of nitrogens with zero attached hydrogens (tertiary/aromatic N) is 2. The Hall–Kier alpha value is -4.87. The molecule has 5 nitrogen and oxygen atoms in total. The zero-order valence-electron chi connectivity index (χ0n) is 30.5. The molecular weight excluding hydrogens is 615 g/mol. The third kappa shape index (κ3) is 12.9. The SMILES string of the molecule is CC.Cc1nn(C)c2cc(OCc3ccc(CNCCCCOc4ccccc4)cc3)ccc12.c1ccc2c(c1)CCCC2.c1ccccc1. The molecule has 0 radical (unpaired) electrons. The van der Waals surface area contributed by atoms with E-state index in [9.17, 15) is 0 Å². The van der Waals surface area contributed by atoms with Crippen molar-refractivity contribution < 1.29 is 9.47 Å². The average Bonchev–Trinajstić information content (AvgIpc) is 3.48. The van der Waals surface area contributed by atoms with Gasteiger partial charge in [-0.25, -0.2) is 0 Å². The van der Waals surface area contributed by atoms with E-state index in [1.165, 1.54) is 36.6 Å². The van der Waals surface area contributed by atoms with Gasteiger partial charge in [-0.3, -0.25) is 4.68 Å². The molecule has 5 aromatic carbocycles. The molecule has 0 fully saturated rings. The lowest BCUT2D eigenvalue weighted by molar-refractivity contribution is 0.305. The molecule has 0 atom stereocenters. The monoisotopic (exact) mass is 669 g/mol. The highest BCUT2D eigenvalue weighted by Crippen LogP contribution is 2.24. The van der Waals surface area contributed by atoms with Crippen LogP contribution in [0.4, 0.5) is 0 Å². The Morgan fingerprint density at radius 1 is 0.640 bits per heavy atom. The van der Waals surface area contributed by atoms with Crippen LogP contribution in [0, 0.1) is 6.92 Å². The van der Waals surface area contributed by atoms with E-state index < -0.39 is 0 Å². The first kappa shape index (κ1) is 37.9. The number of nitrogens with one attached hydrogen (secondary N) is 1. The van der Waals surface area contributed by atoms with Gasteiger partial charge in [0.1, 0.15) is 18.1 Å². The molecule has 0 bridgehead atoms. The predicted molar refractivity (Wildman–Crippen MR) is 210 cm³/mol. The number of rotatable bonds is 11. The van der Waals surface area contributed by atoms with Gasteiger partial charge in [0.25, 0.3) is 0 Å². The van der Waals surface area contributed by atoms with Crippen molar-refractivity contribution in [2.75, 3.05) is 13.2 Å². The third-order valence-corrected chi connectivity index (χ3v) is 8.45. The van der Waals surface area contributed by atoms with Crippen LogP contribution in [0.1, 0.15) is 67.5 Å². The van der Waals surface area contributed by atoms with Gasteiger partial charge in [-0.1, -0.05) is 117 Å². The van der Waals surface area contributed by atoms with Gasteiger partial charge in [0.2, 0.25) is 0 Å². The second-order valence-electron chi connectivity index (χ2n) is 12.2. The Labute approximate surface area is 300 Å². The van der Waals surface area contributed by atoms with E-state index in [0.717, 1.165) is 60.8 Å². The quantitative estimate of drug-likeness (QED) is 0.140. The molecule has 0 amide bonds. The fourth-order valence-electron chi connectivity index (χ4n) is 5.78. The molecule has 7 rings (SSSR count). The van der Waals surface area contributed by atoms with Gasteiger partial charge < -0.3 is 14.8 Å². The first-order valence-corrected chi connectivity index (χ1v) is 18.2. The molecular formula is C45H55N3O2. The fraction of sp³-hybridized carbons (Fsp3) is 0.311. The zero-order valence-corrected chi connectivity index (χ0v) is 30.5. The summed E-state index contributed by atoms with van der Waals surface area (Å²) in [6.07, 6.45) is 7.52. The topological polar surface area (TPSA) is 48.3 Å². The van der Waals surface area contributed by atoms with Crippen LogP contribution in [0.25, 0.3) is 10.9 Å². The molecule has 1 aliphatic rings. The van der Waals surface area contributed by atoms with E-state index in [2.05, 4.69) is 71.1 Å². The fourth-order valence-corrected chi connectivity index (χ4v) is 5.78. The van der Waals surface area contributed by atoms with Gasteiger partial charge in [0.05, 0.1) is 17.8 Å². The second-order valence-corrected chi connectivity index (χ2v) is 12.2. The molecule has 50 heavy (non-hydrogen) atoms. The van der Waals surface area contributed by atoms with Crippen LogP contribution in [0.5, 0.6) is 11.5 Å². The van der Waals surface area contributed by atoms with E-state index in [0.29, 0.717) is 6.61 Å². The number of benzene rings is 5. The van der Waals surface area contributed by atoms with Gasteiger partial charge in [0, 0.05) is 25.0 Å². The van der Waals surface area contributed by atoms with Gasteiger partial charge in [0.15, 0.2) is 0 Å². The molecule has 0 saturated heterocycles. The number of fused-ring (bicyclic) bond motifs is 2. The summed E-state index contributed by atoms with van der Waals surface area (Å²) in [6, 6.07) is 45.5. The predicted octanol–water partition coefficient (Wildman–Crippen LogP) is 10.7. The maximum atomic E-state index is 6.00. The number of hydrogen-bond donors (Lipinski definition) is 1. The van der Waals surface area contributed by atoms with Crippen molar-refractivity contribution in [3.63, 3.8) is 0 Å². The van der Waals surface area contributed by atoms with E-state index in [1.807, 2.05) is 105 Å². The number of hydrogen-bond acceptors (Lipinski definition) is 4. The van der Waals surface area contributed by atoms with E-state index in [4.69, 9.17) is 9.47 Å². The van der Waals surface area contributed by atoms with Gasteiger partial charge in [-0.15, -0.1) is 0 Å². The molecule has 262 valence electrons. The van der Waals surface area contributed by atoms with Crippen LogP contribution < -0.4 is 14.8 Å². The largest absolute Gasteiger partial charge is 0.494 e. The molecule has 0 aliphatic heterocycles. The maximum absolute atomic E-state index is 6.00. The van der Waals surface area contributed by atoms with Crippen LogP contribution in [0.3, 0.4) is 0 Å². The van der Waals surface area contributed by atoms with Gasteiger partial charge >= 0.3 is 0 Å². The summed E-state index contributed by atoms with van der Waals surface area (Å²) in [5.41, 5.74) is 7.73. The van der Waals surface area contributed by atoms with Crippen molar-refractivity contribution in [3.8, 4) is 11.5 Å². The molecule has 5 heteroatoms. The molecule has 1 heterocycles. The Bertz CT molecular complexity index is 1710. The van der Waals surface area contributed by atoms with Crippen molar-refractivity contribution in [1.29, 1.82) is 0 Å². The molecule has 0 saturated carbocycles. The third-order valence-electron chi connectivity index (χ3n) is 8.45. The zero-order chi connectivity index (χ0) is 35.2. The van der Waals surface area contributed by atoms with Crippen LogP contribution in [-0.4, -0.2) is 22.9 Å². The highest BCUT2D eigenvalue weighted by atomic mass is 16.5. The lowest BCUT2D eigenvalue weighted by Gasteiger charge is -2.13. The van der Waals surface area contributed by atoms with Crippen LogP contribution >= 0.6 is 0 Å². The standard InChI is InChI=1S/C27H31N3O2.C10H12.C6H6.C2H6/c1-21-26-15-14-25(18-27(26)30(2)29-21)32-20-23-12-10-22(11-13-23)19-28-16-6-7-17-31-24-8-4-3-5-9-24;1-2-6-10-8-4-3-7-9(10)5-1;1-2-4-6-5-3-1;1-2/h3-5,8-15,18,28H,6-7,16-17,19-20H2,1-2H3;1-2,5-6H,3-4,7-8H2;1-6H;1-2H3. The summed E-state index contributed by atoms with van der Waals surface area (Å²) in [7, 11) is 1.96. The molecule has 6 aromatic rings. The Balaban J connectivity index is 0.000000252. The minimum Gasteiger partial charge on any atom is -0.494 e. The molecule has 0 unspecified atom stereocenters. The molecule has 1 aliphatic carbocycles. The van der Waals surface area contributed by atoms with Crippen LogP contribution in [0.2, 0.25) is 0 Å². The molecule has 1 N–H and O–H groups in total. The lowest BCUT2D eigenvalue weighted by Crippen LogP contribution is -2.15. The van der Waals surface area contributed by atoms with Crippen LogP contribution in [0.15, 0.2) is 133 Å². The Kier molecular flexibility index (Phi) is 16.7. The Morgan fingerprint density at radius 2 is 1.22 bits per heavy atom. The number of aryl methyl sites for hydroxylation is 4. The summed E-state index contributed by atoms with van der Waals surface area (Å²) in [4.78, 5) is 0. The summed E-state index contributed by atoms with van der Waals surface area (Å²) in [6.45, 7) is 9.20. The number of unbranched alkanes of at least 4 members (excludes halogenated alkanes) is 1. The van der Waals surface area contributed by atoms with Crippen molar-refractivity contribution in [3.05, 3.63) is 161 Å².